The molecule has 2 atom stereocenters. The van der Waals surface area contributed by atoms with Crippen molar-refractivity contribution < 1.29 is 32.6 Å². The Balaban J connectivity index is 0.684. The van der Waals surface area contributed by atoms with E-state index in [1.54, 1.807) is 21.8 Å². The van der Waals surface area contributed by atoms with Crippen LogP contribution < -0.4 is 20.4 Å². The molecule has 324 valence electrons. The molecule has 8 heterocycles. The zero-order valence-corrected chi connectivity index (χ0v) is 34.4. The Morgan fingerprint density at radius 1 is 1.06 bits per heavy atom. The van der Waals surface area contributed by atoms with Crippen LogP contribution in [0.2, 0.25) is 0 Å². The summed E-state index contributed by atoms with van der Waals surface area (Å²) in [5.41, 5.74) is 1.77. The van der Waals surface area contributed by atoms with Crippen molar-refractivity contribution in [2.45, 2.75) is 82.1 Å². The van der Waals surface area contributed by atoms with E-state index in [1.807, 2.05) is 31.3 Å². The third kappa shape index (κ3) is 7.98. The number of aryl methyl sites for hydroxylation is 1. The maximum absolute atomic E-state index is 14.3. The standard InChI is InChI=1S/C43H48F2N12O5/c1-52-35-19-26(6-9-32(35)41(51-52)54-16-13-37(58)49-43(54)60)3-2-18-61-30-10-14-53(15-11-30)22-27-4-7-28(8-5-27)57-24-34(38(50-57)39(44)45)47-42(59)33-21-46-56-17-12-36(48-40(33)56)55-23-31-20-29(55)25-62-31/h6,9,12,17,19,21,24,27-31,39H,4-5,7-8,10-11,13-16,18,20,22-23,25H2,1H3,(H,47,59)(H,49,58,60)/t27?,28?,29-,31-/m1/s1. The maximum Gasteiger partial charge on any atom is 0.329 e. The lowest BCUT2D eigenvalue weighted by molar-refractivity contribution is -0.120. The first-order valence-corrected chi connectivity index (χ1v) is 21.5. The van der Waals surface area contributed by atoms with Crippen molar-refractivity contribution in [2.24, 2.45) is 13.0 Å². The fourth-order valence-electron chi connectivity index (χ4n) is 9.69. The second kappa shape index (κ2) is 16.7. The number of amides is 4. The second-order valence-corrected chi connectivity index (χ2v) is 17.0. The number of morpholine rings is 1. The van der Waals surface area contributed by atoms with Gasteiger partial charge >= 0.3 is 6.03 Å². The molecule has 5 aliphatic rings. The number of rotatable bonds is 10. The maximum atomic E-state index is 14.3. The lowest BCUT2D eigenvalue weighted by Gasteiger charge is -2.36. The predicted octanol–water partition coefficient (Wildman–Crippen LogP) is 4.69. The summed E-state index contributed by atoms with van der Waals surface area (Å²) in [5, 5.41) is 19.0. The Morgan fingerprint density at radius 2 is 1.90 bits per heavy atom. The molecule has 0 radical (unpaired) electrons. The highest BCUT2D eigenvalue weighted by Gasteiger charge is 2.40. The van der Waals surface area contributed by atoms with Crippen LogP contribution in [-0.4, -0.2) is 121 Å². The molecule has 5 fully saturated rings. The predicted molar refractivity (Wildman–Crippen MR) is 223 cm³/mol. The van der Waals surface area contributed by atoms with E-state index in [2.05, 4.69) is 47.6 Å². The van der Waals surface area contributed by atoms with Crippen molar-refractivity contribution >= 4 is 51.7 Å². The number of carbonyl (C=O) groups excluding carboxylic acids is 3. The summed E-state index contributed by atoms with van der Waals surface area (Å²) >= 11 is 0. The Bertz CT molecular complexity index is 2580. The Labute approximate surface area is 355 Å². The topological polar surface area (TPSA) is 169 Å². The first kappa shape index (κ1) is 40.1. The number of likely N-dealkylation sites (tertiary alicyclic amines) is 1. The molecule has 4 amide bonds. The van der Waals surface area contributed by atoms with Crippen molar-refractivity contribution in [1.29, 1.82) is 0 Å². The number of benzene rings is 1. The highest BCUT2D eigenvalue weighted by molar-refractivity contribution is 6.09. The Morgan fingerprint density at radius 3 is 2.66 bits per heavy atom. The summed E-state index contributed by atoms with van der Waals surface area (Å²) in [6.07, 6.45) is 8.77. The van der Waals surface area contributed by atoms with Gasteiger partial charge in [0, 0.05) is 69.5 Å². The number of ether oxygens (including phenoxy) is 2. The molecule has 5 aromatic rings. The monoisotopic (exact) mass is 850 g/mol. The summed E-state index contributed by atoms with van der Waals surface area (Å²) < 4.78 is 45.3. The van der Waals surface area contributed by atoms with Gasteiger partial charge in [0.05, 0.1) is 48.3 Å². The van der Waals surface area contributed by atoms with Gasteiger partial charge in [-0.2, -0.15) is 15.3 Å². The van der Waals surface area contributed by atoms with Gasteiger partial charge in [0.25, 0.3) is 12.3 Å². The molecule has 4 aliphatic heterocycles. The van der Waals surface area contributed by atoms with Gasteiger partial charge < -0.3 is 24.6 Å². The average Bonchev–Trinajstić information content (AvgIpc) is 4.13. The van der Waals surface area contributed by atoms with E-state index in [-0.39, 0.29) is 54.4 Å². The molecule has 0 unspecified atom stereocenters. The van der Waals surface area contributed by atoms with Gasteiger partial charge in [-0.15, -0.1) is 0 Å². The molecule has 4 aromatic heterocycles. The van der Waals surface area contributed by atoms with Gasteiger partial charge in [-0.3, -0.25) is 29.2 Å². The third-order valence-corrected chi connectivity index (χ3v) is 13.0. The molecule has 19 heteroatoms. The minimum absolute atomic E-state index is 0.000456. The number of carbonyl (C=O) groups is 3. The average molecular weight is 851 g/mol. The van der Waals surface area contributed by atoms with E-state index >= 15 is 0 Å². The number of halogens is 2. The zero-order valence-electron chi connectivity index (χ0n) is 34.4. The number of hydrogen-bond acceptors (Lipinski definition) is 11. The molecule has 1 aromatic carbocycles. The minimum atomic E-state index is -2.85. The van der Waals surface area contributed by atoms with Crippen LogP contribution in [-0.2, 0) is 21.3 Å². The highest BCUT2D eigenvalue weighted by Crippen LogP contribution is 2.36. The number of nitrogens with one attached hydrogen (secondary N) is 2. The van der Waals surface area contributed by atoms with Crippen LogP contribution in [0.4, 0.5) is 30.9 Å². The van der Waals surface area contributed by atoms with E-state index in [4.69, 9.17) is 14.5 Å². The van der Waals surface area contributed by atoms with Crippen LogP contribution in [0.25, 0.3) is 16.6 Å². The Kier molecular flexibility index (Phi) is 10.8. The lowest BCUT2D eigenvalue weighted by atomic mass is 9.85. The van der Waals surface area contributed by atoms with Crippen LogP contribution in [0.15, 0.2) is 42.9 Å². The van der Waals surface area contributed by atoms with Crippen molar-refractivity contribution in [1.82, 2.24) is 44.4 Å². The number of hydrogen-bond donors (Lipinski definition) is 2. The number of aromatic nitrogens is 7. The van der Waals surface area contributed by atoms with Crippen LogP contribution in [0, 0.1) is 17.8 Å². The van der Waals surface area contributed by atoms with Gasteiger partial charge in [-0.1, -0.05) is 11.8 Å². The molecule has 1 saturated carbocycles. The van der Waals surface area contributed by atoms with Gasteiger partial charge in [-0.05, 0) is 75.1 Å². The van der Waals surface area contributed by atoms with E-state index in [9.17, 15) is 23.2 Å². The van der Waals surface area contributed by atoms with Crippen LogP contribution in [0.3, 0.4) is 0 Å². The quantitative estimate of drug-likeness (QED) is 0.187. The van der Waals surface area contributed by atoms with E-state index < -0.39 is 24.1 Å². The smallest absolute Gasteiger partial charge is 0.329 e. The van der Waals surface area contributed by atoms with E-state index in [1.165, 1.54) is 15.6 Å². The number of anilines is 3. The first-order valence-electron chi connectivity index (χ1n) is 21.5. The number of alkyl halides is 2. The van der Waals surface area contributed by atoms with Crippen LogP contribution in [0.5, 0.6) is 0 Å². The normalized spacial score (nSPS) is 23.4. The summed E-state index contributed by atoms with van der Waals surface area (Å²) in [7, 11) is 1.82. The molecule has 2 bridgehead atoms. The number of urea groups is 1. The molecular weight excluding hydrogens is 803 g/mol. The largest absolute Gasteiger partial charge is 0.374 e. The summed E-state index contributed by atoms with van der Waals surface area (Å²) in [5.74, 6) is 7.24. The van der Waals surface area contributed by atoms with Gasteiger partial charge in [0.2, 0.25) is 5.91 Å². The molecule has 4 saturated heterocycles. The van der Waals surface area contributed by atoms with E-state index in [0.29, 0.717) is 30.6 Å². The highest BCUT2D eigenvalue weighted by atomic mass is 19.3. The van der Waals surface area contributed by atoms with Crippen molar-refractivity contribution in [2.75, 3.05) is 61.1 Å². The minimum Gasteiger partial charge on any atom is -0.374 e. The number of piperidine rings is 1. The van der Waals surface area contributed by atoms with E-state index in [0.717, 1.165) is 93.4 Å². The number of imide groups is 1. The molecule has 10 rings (SSSR count). The van der Waals surface area contributed by atoms with Crippen LogP contribution >= 0.6 is 0 Å². The van der Waals surface area contributed by atoms with Gasteiger partial charge in [-0.25, -0.2) is 23.1 Å². The van der Waals surface area contributed by atoms with Crippen molar-refractivity contribution in [3.05, 3.63) is 59.7 Å². The first-order chi connectivity index (χ1) is 30.1. The van der Waals surface area contributed by atoms with Crippen molar-refractivity contribution in [3.8, 4) is 11.8 Å². The Hall–Kier alpha value is -5.97. The fourth-order valence-corrected chi connectivity index (χ4v) is 9.69. The molecular formula is C43H48F2N12O5. The summed E-state index contributed by atoms with van der Waals surface area (Å²) in [4.78, 5) is 48.4. The summed E-state index contributed by atoms with van der Waals surface area (Å²) in [6.45, 7) is 4.87. The SMILES string of the molecule is Cn1nc(N2CCC(=O)NC2=O)c2ccc(C#CCOC3CCN(CC4CCC(n5cc(NC(=O)c6cnn7ccc(N8C[C@H]9C[C@@H]8CO9)nc67)c(C(F)F)n5)CC4)CC3)cc21. The fraction of sp³-hybridized carbons (Fsp3) is 0.512. The lowest BCUT2D eigenvalue weighted by Crippen LogP contribution is -2.49. The molecule has 2 N–H and O–H groups in total. The molecule has 1 aliphatic carbocycles. The zero-order chi connectivity index (χ0) is 42.5. The second-order valence-electron chi connectivity index (χ2n) is 17.0. The molecule has 0 spiro atoms. The van der Waals surface area contributed by atoms with Gasteiger partial charge in [0.1, 0.15) is 18.0 Å². The van der Waals surface area contributed by atoms with Gasteiger partial charge in [0.15, 0.2) is 17.2 Å². The van der Waals surface area contributed by atoms with Crippen LogP contribution in [0.1, 0.15) is 85.4 Å². The summed E-state index contributed by atoms with van der Waals surface area (Å²) in [6, 6.07) is 7.36. The third-order valence-electron chi connectivity index (χ3n) is 13.0. The molecule has 62 heavy (non-hydrogen) atoms. The number of fused-ring (bicyclic) bond motifs is 4. The van der Waals surface area contributed by atoms with Crippen molar-refractivity contribution in [3.63, 3.8) is 0 Å². The molecule has 17 nitrogen and oxygen atoms in total. The number of nitrogens with zero attached hydrogens (tertiary/aromatic N) is 10.